The molecule has 1 heterocycles. The highest BCUT2D eigenvalue weighted by Gasteiger charge is 2.69. The summed E-state index contributed by atoms with van der Waals surface area (Å²) < 4.78 is 15.6. The minimum Gasteiger partial charge on any atom is -0.466 e. The summed E-state index contributed by atoms with van der Waals surface area (Å²) in [5.74, 6) is -0.739. The van der Waals surface area contributed by atoms with Crippen LogP contribution in [0.5, 0.6) is 0 Å². The lowest BCUT2D eigenvalue weighted by molar-refractivity contribution is -0.169. The van der Waals surface area contributed by atoms with Crippen molar-refractivity contribution in [2.24, 2.45) is 16.7 Å². The smallest absolute Gasteiger partial charge is 0.466 e. The molecule has 23 heavy (non-hydrogen) atoms. The second-order valence-corrected chi connectivity index (χ2v) is 7.77. The van der Waals surface area contributed by atoms with Crippen molar-refractivity contribution in [3.05, 3.63) is 11.6 Å². The van der Waals surface area contributed by atoms with Crippen molar-refractivity contribution in [2.75, 3.05) is 13.7 Å². The number of ether oxygens (including phenoxy) is 3. The molecule has 1 saturated heterocycles. The molecule has 1 aliphatic heterocycles. The topological polar surface area (TPSA) is 82.1 Å². The van der Waals surface area contributed by atoms with Crippen molar-refractivity contribution in [1.82, 2.24) is 0 Å². The number of aliphatic hydroxyl groups excluding tert-OH is 1. The third-order valence-electron chi connectivity index (χ3n) is 6.14. The van der Waals surface area contributed by atoms with E-state index in [0.717, 1.165) is 19.3 Å². The van der Waals surface area contributed by atoms with E-state index in [9.17, 15) is 14.7 Å². The van der Waals surface area contributed by atoms with Gasteiger partial charge in [-0.25, -0.2) is 9.59 Å². The number of methoxy groups -OCH3 is 1. The number of aliphatic hydroxyl groups is 1. The van der Waals surface area contributed by atoms with Crippen molar-refractivity contribution in [1.29, 1.82) is 0 Å². The standard InChI is InChI=1S/C17H24O6/c1-15(2)6-5-7-16(3)12(15)11(18)8-10(13(19)21-4)17(16)9-22-14(20)23-17/h8,11-12,18H,5-7,9H2,1-4H3/t11-,12?,16+,17-/m1/s1. The summed E-state index contributed by atoms with van der Waals surface area (Å²) in [4.78, 5) is 24.1. The Kier molecular flexibility index (Phi) is 3.52. The van der Waals surface area contributed by atoms with E-state index >= 15 is 0 Å². The number of carbonyl (C=O) groups excluding carboxylic acids is 2. The van der Waals surface area contributed by atoms with Gasteiger partial charge in [0.25, 0.3) is 0 Å². The van der Waals surface area contributed by atoms with E-state index in [2.05, 4.69) is 13.8 Å². The molecule has 128 valence electrons. The predicted molar refractivity (Wildman–Crippen MR) is 80.5 cm³/mol. The van der Waals surface area contributed by atoms with Crippen molar-refractivity contribution >= 4 is 12.1 Å². The van der Waals surface area contributed by atoms with Gasteiger partial charge in [-0.15, -0.1) is 0 Å². The zero-order valence-corrected chi connectivity index (χ0v) is 14.0. The molecule has 2 fully saturated rings. The summed E-state index contributed by atoms with van der Waals surface area (Å²) in [7, 11) is 1.28. The molecule has 2 aliphatic carbocycles. The first-order valence-corrected chi connectivity index (χ1v) is 8.02. The molecule has 1 unspecified atom stereocenters. The quantitative estimate of drug-likeness (QED) is 0.745. The maximum Gasteiger partial charge on any atom is 0.509 e. The first kappa shape index (κ1) is 16.3. The molecule has 0 bridgehead atoms. The number of cyclic esters (lactones) is 1. The first-order chi connectivity index (χ1) is 10.7. The van der Waals surface area contributed by atoms with Crippen molar-refractivity contribution in [2.45, 2.75) is 51.7 Å². The average molecular weight is 324 g/mol. The van der Waals surface area contributed by atoms with E-state index in [1.807, 2.05) is 6.92 Å². The molecule has 0 radical (unpaired) electrons. The van der Waals surface area contributed by atoms with Gasteiger partial charge in [-0.2, -0.15) is 0 Å². The Morgan fingerprint density at radius 3 is 2.61 bits per heavy atom. The van der Waals surface area contributed by atoms with E-state index in [1.54, 1.807) is 0 Å². The van der Waals surface area contributed by atoms with E-state index in [1.165, 1.54) is 13.2 Å². The molecule has 0 aromatic heterocycles. The van der Waals surface area contributed by atoms with Crippen LogP contribution < -0.4 is 0 Å². The zero-order valence-electron chi connectivity index (χ0n) is 14.0. The summed E-state index contributed by atoms with van der Waals surface area (Å²) in [5.41, 5.74) is -1.75. The normalized spacial score (nSPS) is 41.6. The van der Waals surface area contributed by atoms with Crippen LogP contribution in [0.3, 0.4) is 0 Å². The number of fused-ring (bicyclic) bond motifs is 2. The first-order valence-electron chi connectivity index (χ1n) is 8.02. The fraction of sp³-hybridized carbons (Fsp3) is 0.765. The molecule has 1 saturated carbocycles. The van der Waals surface area contributed by atoms with Crippen molar-refractivity contribution < 1.29 is 28.9 Å². The Morgan fingerprint density at radius 1 is 1.35 bits per heavy atom. The van der Waals surface area contributed by atoms with E-state index < -0.39 is 29.2 Å². The maximum atomic E-state index is 12.3. The summed E-state index contributed by atoms with van der Waals surface area (Å²) in [6, 6.07) is 0. The molecule has 1 N–H and O–H groups in total. The molecule has 0 amide bonds. The van der Waals surface area contributed by atoms with Gasteiger partial charge in [0, 0.05) is 11.3 Å². The summed E-state index contributed by atoms with van der Waals surface area (Å²) in [5, 5.41) is 10.8. The molecule has 0 aromatic rings. The molecule has 6 nitrogen and oxygen atoms in total. The molecular weight excluding hydrogens is 300 g/mol. The number of carbonyl (C=O) groups is 2. The van der Waals surface area contributed by atoms with Crippen LogP contribution in [0.4, 0.5) is 4.79 Å². The zero-order chi connectivity index (χ0) is 17.0. The van der Waals surface area contributed by atoms with Gasteiger partial charge in [0.1, 0.15) is 6.61 Å². The largest absolute Gasteiger partial charge is 0.509 e. The highest BCUT2D eigenvalue weighted by Crippen LogP contribution is 2.63. The lowest BCUT2D eigenvalue weighted by atomic mass is 9.46. The fourth-order valence-electron chi connectivity index (χ4n) is 5.20. The third kappa shape index (κ3) is 2.04. The highest BCUT2D eigenvalue weighted by atomic mass is 16.8. The maximum absolute atomic E-state index is 12.3. The minimum atomic E-state index is -1.20. The molecule has 3 rings (SSSR count). The fourth-order valence-corrected chi connectivity index (χ4v) is 5.20. The third-order valence-corrected chi connectivity index (χ3v) is 6.14. The van der Waals surface area contributed by atoms with Crippen LogP contribution in [0.2, 0.25) is 0 Å². The number of hydrogen-bond donors (Lipinski definition) is 1. The van der Waals surface area contributed by atoms with Gasteiger partial charge in [0.2, 0.25) is 0 Å². The van der Waals surface area contributed by atoms with Crippen LogP contribution in [0, 0.1) is 16.7 Å². The van der Waals surface area contributed by atoms with Gasteiger partial charge in [-0.1, -0.05) is 27.2 Å². The molecule has 4 atom stereocenters. The lowest BCUT2D eigenvalue weighted by Crippen LogP contribution is -2.65. The molecular formula is C17H24O6. The Hall–Kier alpha value is -1.56. The van der Waals surface area contributed by atoms with Crippen LogP contribution in [0.15, 0.2) is 11.6 Å². The summed E-state index contributed by atoms with van der Waals surface area (Å²) in [6.07, 6.45) is 2.56. The molecule has 6 heteroatoms. The average Bonchev–Trinajstić information content (AvgIpc) is 2.85. The van der Waals surface area contributed by atoms with E-state index in [4.69, 9.17) is 14.2 Å². The molecule has 3 aliphatic rings. The van der Waals surface area contributed by atoms with Gasteiger partial charge in [0.15, 0.2) is 5.60 Å². The van der Waals surface area contributed by atoms with Gasteiger partial charge in [-0.3, -0.25) is 0 Å². The Morgan fingerprint density at radius 2 is 2.04 bits per heavy atom. The van der Waals surface area contributed by atoms with Crippen LogP contribution in [-0.4, -0.2) is 42.7 Å². The molecule has 1 spiro atoms. The number of rotatable bonds is 1. The van der Waals surface area contributed by atoms with Gasteiger partial charge < -0.3 is 19.3 Å². The van der Waals surface area contributed by atoms with Crippen LogP contribution >= 0.6 is 0 Å². The minimum absolute atomic E-state index is 0.0252. The van der Waals surface area contributed by atoms with Gasteiger partial charge in [0.05, 0.1) is 18.8 Å². The molecule has 0 aromatic carbocycles. The lowest BCUT2D eigenvalue weighted by Gasteiger charge is -2.59. The number of esters is 1. The van der Waals surface area contributed by atoms with Crippen molar-refractivity contribution in [3.8, 4) is 0 Å². The van der Waals surface area contributed by atoms with Gasteiger partial charge in [-0.05, 0) is 24.3 Å². The highest BCUT2D eigenvalue weighted by molar-refractivity contribution is 5.92. The van der Waals surface area contributed by atoms with Crippen LogP contribution in [0.1, 0.15) is 40.0 Å². The summed E-state index contributed by atoms with van der Waals surface area (Å²) in [6.45, 7) is 6.18. The second kappa shape index (κ2) is 4.97. The number of hydrogen-bond acceptors (Lipinski definition) is 6. The van der Waals surface area contributed by atoms with Gasteiger partial charge >= 0.3 is 12.1 Å². The Balaban J connectivity index is 2.21. The van der Waals surface area contributed by atoms with E-state index in [-0.39, 0.29) is 23.5 Å². The Labute approximate surface area is 135 Å². The SMILES string of the molecule is COC(=O)C1=C[C@@H](O)C2C(C)(C)CCC[C@]2(C)[C@@]12COC(=O)O2. The Bertz CT molecular complexity index is 580. The summed E-state index contributed by atoms with van der Waals surface area (Å²) >= 11 is 0. The predicted octanol–water partition coefficient (Wildman–Crippen LogP) is 2.20. The van der Waals surface area contributed by atoms with E-state index in [0.29, 0.717) is 0 Å². The van der Waals surface area contributed by atoms with Crippen LogP contribution in [0.25, 0.3) is 0 Å². The monoisotopic (exact) mass is 324 g/mol. The second-order valence-electron chi connectivity index (χ2n) is 7.77. The van der Waals surface area contributed by atoms with Crippen LogP contribution in [-0.2, 0) is 19.0 Å². The van der Waals surface area contributed by atoms with Crippen molar-refractivity contribution in [3.63, 3.8) is 0 Å².